The summed E-state index contributed by atoms with van der Waals surface area (Å²) < 4.78 is 11.6. The van der Waals surface area contributed by atoms with Gasteiger partial charge in [0.2, 0.25) is 0 Å². The topological polar surface area (TPSA) is 103 Å². The summed E-state index contributed by atoms with van der Waals surface area (Å²) in [6.07, 6.45) is 0.806. The largest absolute Gasteiger partial charge is 0.483 e. The highest BCUT2D eigenvalue weighted by atomic mass is 16.6. The quantitative estimate of drug-likeness (QED) is 0.411. The summed E-state index contributed by atoms with van der Waals surface area (Å²) in [5, 5.41) is 16.5. The molecule has 8 nitrogen and oxygen atoms in total. The Hall–Kier alpha value is -3.29. The number of nitrogens with zero attached hydrogens (tertiary/aromatic N) is 1. The number of benzene rings is 2. The van der Waals surface area contributed by atoms with Gasteiger partial charge >= 0.3 is 0 Å². The molecule has 148 valence electrons. The molecule has 8 heteroatoms. The molecule has 0 bridgehead atoms. The SMILES string of the molecule is CC1(C)Cc2cccc(OCC(=O)NCCNc3ccc([N+](=O)[O-])cc3)c2O1. The van der Waals surface area contributed by atoms with Gasteiger partial charge in [-0.15, -0.1) is 0 Å². The van der Waals surface area contributed by atoms with E-state index in [4.69, 9.17) is 9.47 Å². The van der Waals surface area contributed by atoms with E-state index in [2.05, 4.69) is 10.6 Å². The van der Waals surface area contributed by atoms with Crippen LogP contribution in [0.25, 0.3) is 0 Å². The normalized spacial score (nSPS) is 13.9. The number of amides is 1. The van der Waals surface area contributed by atoms with Gasteiger partial charge in [0.15, 0.2) is 18.1 Å². The third kappa shape index (κ3) is 4.91. The zero-order valence-electron chi connectivity index (χ0n) is 15.9. The van der Waals surface area contributed by atoms with Crippen LogP contribution in [0.4, 0.5) is 11.4 Å². The number of ether oxygens (including phenoxy) is 2. The van der Waals surface area contributed by atoms with Crippen LogP contribution in [-0.4, -0.2) is 36.1 Å². The molecule has 0 fully saturated rings. The Balaban J connectivity index is 1.40. The van der Waals surface area contributed by atoms with Crippen LogP contribution in [-0.2, 0) is 11.2 Å². The second kappa shape index (κ2) is 8.16. The van der Waals surface area contributed by atoms with Crippen LogP contribution < -0.4 is 20.1 Å². The van der Waals surface area contributed by atoms with Crippen LogP contribution in [0, 0.1) is 10.1 Å². The Kier molecular flexibility index (Phi) is 5.67. The molecular formula is C20H23N3O5. The maximum Gasteiger partial charge on any atom is 0.269 e. The number of para-hydroxylation sites is 1. The number of hydrogen-bond acceptors (Lipinski definition) is 6. The van der Waals surface area contributed by atoms with E-state index >= 15 is 0 Å². The number of fused-ring (bicyclic) bond motifs is 1. The lowest BCUT2D eigenvalue weighted by Gasteiger charge is -2.18. The van der Waals surface area contributed by atoms with Crippen LogP contribution in [0.5, 0.6) is 11.5 Å². The lowest BCUT2D eigenvalue weighted by molar-refractivity contribution is -0.384. The number of nitro benzene ring substituents is 1. The number of carbonyl (C=O) groups excluding carboxylic acids is 1. The Morgan fingerprint density at radius 2 is 1.96 bits per heavy atom. The van der Waals surface area contributed by atoms with Gasteiger partial charge in [0.1, 0.15) is 5.60 Å². The number of non-ortho nitro benzene ring substituents is 1. The van der Waals surface area contributed by atoms with Gasteiger partial charge in [-0.05, 0) is 32.0 Å². The molecule has 3 rings (SSSR count). The Morgan fingerprint density at radius 1 is 1.21 bits per heavy atom. The van der Waals surface area contributed by atoms with Crippen molar-refractivity contribution in [1.82, 2.24) is 5.32 Å². The second-order valence-corrected chi connectivity index (χ2v) is 7.15. The number of anilines is 1. The third-order valence-electron chi connectivity index (χ3n) is 4.27. The van der Waals surface area contributed by atoms with E-state index in [0.29, 0.717) is 24.6 Å². The molecular weight excluding hydrogens is 362 g/mol. The summed E-state index contributed by atoms with van der Waals surface area (Å²) in [5.41, 5.74) is 1.59. The summed E-state index contributed by atoms with van der Waals surface area (Å²) >= 11 is 0. The van der Waals surface area contributed by atoms with E-state index in [-0.39, 0.29) is 23.8 Å². The molecule has 0 radical (unpaired) electrons. The van der Waals surface area contributed by atoms with Gasteiger partial charge < -0.3 is 20.1 Å². The first-order chi connectivity index (χ1) is 13.3. The minimum absolute atomic E-state index is 0.0377. The predicted molar refractivity (Wildman–Crippen MR) is 105 cm³/mol. The van der Waals surface area contributed by atoms with Crippen molar-refractivity contribution < 1.29 is 19.2 Å². The molecule has 0 saturated carbocycles. The van der Waals surface area contributed by atoms with Gasteiger partial charge in [-0.1, -0.05) is 12.1 Å². The summed E-state index contributed by atoms with van der Waals surface area (Å²) in [7, 11) is 0. The Morgan fingerprint density at radius 3 is 2.68 bits per heavy atom. The summed E-state index contributed by atoms with van der Waals surface area (Å²) in [5.74, 6) is 1.04. The first-order valence-corrected chi connectivity index (χ1v) is 9.03. The number of nitro groups is 1. The molecule has 1 amide bonds. The van der Waals surface area contributed by atoms with Crippen molar-refractivity contribution in [2.75, 3.05) is 25.0 Å². The fraction of sp³-hybridized carbons (Fsp3) is 0.350. The van der Waals surface area contributed by atoms with E-state index in [1.165, 1.54) is 12.1 Å². The summed E-state index contributed by atoms with van der Waals surface area (Å²) in [6, 6.07) is 11.8. The number of hydrogen-bond donors (Lipinski definition) is 2. The maximum absolute atomic E-state index is 12.0. The van der Waals surface area contributed by atoms with Crippen LogP contribution in [0.2, 0.25) is 0 Å². The highest BCUT2D eigenvalue weighted by Gasteiger charge is 2.32. The van der Waals surface area contributed by atoms with Gasteiger partial charge in [-0.3, -0.25) is 14.9 Å². The molecule has 0 spiro atoms. The van der Waals surface area contributed by atoms with Crippen LogP contribution in [0.1, 0.15) is 19.4 Å². The second-order valence-electron chi connectivity index (χ2n) is 7.15. The molecule has 0 aromatic heterocycles. The molecule has 1 heterocycles. The maximum atomic E-state index is 12.0. The molecule has 1 aliphatic heterocycles. The van der Waals surface area contributed by atoms with E-state index in [1.807, 2.05) is 26.0 Å². The predicted octanol–water partition coefficient (Wildman–Crippen LogP) is 2.92. The van der Waals surface area contributed by atoms with Crippen molar-refractivity contribution in [3.05, 3.63) is 58.1 Å². The molecule has 1 aliphatic rings. The van der Waals surface area contributed by atoms with Crippen molar-refractivity contribution in [3.63, 3.8) is 0 Å². The molecule has 2 aromatic carbocycles. The van der Waals surface area contributed by atoms with Crippen LogP contribution in [0.3, 0.4) is 0 Å². The lowest BCUT2D eigenvalue weighted by Crippen LogP contribution is -2.32. The number of rotatable bonds is 8. The minimum atomic E-state index is -0.446. The fourth-order valence-electron chi connectivity index (χ4n) is 3.01. The molecule has 0 aliphatic carbocycles. The average molecular weight is 385 g/mol. The Labute approximate surface area is 163 Å². The smallest absolute Gasteiger partial charge is 0.269 e. The molecule has 0 atom stereocenters. The van der Waals surface area contributed by atoms with Crippen molar-refractivity contribution in [1.29, 1.82) is 0 Å². The van der Waals surface area contributed by atoms with Crippen molar-refractivity contribution >= 4 is 17.3 Å². The molecule has 28 heavy (non-hydrogen) atoms. The monoisotopic (exact) mass is 385 g/mol. The van der Waals surface area contributed by atoms with E-state index in [1.54, 1.807) is 18.2 Å². The lowest BCUT2D eigenvalue weighted by atomic mass is 10.0. The third-order valence-corrected chi connectivity index (χ3v) is 4.27. The van der Waals surface area contributed by atoms with E-state index < -0.39 is 4.92 Å². The highest BCUT2D eigenvalue weighted by molar-refractivity contribution is 5.77. The molecule has 2 N–H and O–H groups in total. The molecule has 2 aromatic rings. The van der Waals surface area contributed by atoms with Gasteiger partial charge in [-0.25, -0.2) is 0 Å². The Bertz CT molecular complexity index is 865. The standard InChI is InChI=1S/C20H23N3O5/c1-20(2)12-14-4-3-5-17(19(14)28-20)27-13-18(24)22-11-10-21-15-6-8-16(9-7-15)23(25)26/h3-9,21H,10-13H2,1-2H3,(H,22,24). The van der Waals surface area contributed by atoms with Crippen LogP contribution >= 0.6 is 0 Å². The van der Waals surface area contributed by atoms with E-state index in [0.717, 1.165) is 17.7 Å². The zero-order valence-corrected chi connectivity index (χ0v) is 15.9. The first kappa shape index (κ1) is 19.5. The minimum Gasteiger partial charge on any atom is -0.483 e. The molecule has 0 unspecified atom stereocenters. The van der Waals surface area contributed by atoms with Gasteiger partial charge in [-0.2, -0.15) is 0 Å². The van der Waals surface area contributed by atoms with E-state index in [9.17, 15) is 14.9 Å². The van der Waals surface area contributed by atoms with Crippen molar-refractivity contribution in [3.8, 4) is 11.5 Å². The van der Waals surface area contributed by atoms with Crippen molar-refractivity contribution in [2.24, 2.45) is 0 Å². The fourth-order valence-corrected chi connectivity index (χ4v) is 3.01. The number of carbonyl (C=O) groups is 1. The average Bonchev–Trinajstić information content (AvgIpc) is 2.98. The highest BCUT2D eigenvalue weighted by Crippen LogP contribution is 2.41. The summed E-state index contributed by atoms with van der Waals surface area (Å²) in [6.45, 7) is 4.82. The van der Waals surface area contributed by atoms with Gasteiger partial charge in [0, 0.05) is 42.9 Å². The van der Waals surface area contributed by atoms with Crippen molar-refractivity contribution in [2.45, 2.75) is 25.9 Å². The first-order valence-electron chi connectivity index (χ1n) is 9.03. The van der Waals surface area contributed by atoms with Crippen LogP contribution in [0.15, 0.2) is 42.5 Å². The molecule has 0 saturated heterocycles. The summed E-state index contributed by atoms with van der Waals surface area (Å²) in [4.78, 5) is 22.2. The van der Waals surface area contributed by atoms with Gasteiger partial charge in [0.05, 0.1) is 4.92 Å². The van der Waals surface area contributed by atoms with Gasteiger partial charge in [0.25, 0.3) is 11.6 Å². The zero-order chi connectivity index (χ0) is 20.1. The number of nitrogens with one attached hydrogen (secondary N) is 2.